The van der Waals surface area contributed by atoms with E-state index in [1.54, 1.807) is 30.8 Å². The minimum Gasteiger partial charge on any atom is -0.394 e. The van der Waals surface area contributed by atoms with E-state index in [-0.39, 0.29) is 18.6 Å². The number of nitrogens with one attached hydrogen (secondary N) is 1. The van der Waals surface area contributed by atoms with Crippen LogP contribution in [0.15, 0.2) is 16.7 Å². The predicted molar refractivity (Wildman–Crippen MR) is 57.1 cm³/mol. The summed E-state index contributed by atoms with van der Waals surface area (Å²) in [5.74, 6) is -0.181. The summed E-state index contributed by atoms with van der Waals surface area (Å²) in [4.78, 5) is 11.6. The molecule has 0 saturated heterocycles. The molecule has 0 aliphatic carbocycles. The third-order valence-corrected chi connectivity index (χ3v) is 2.29. The quantitative estimate of drug-likeness (QED) is 0.849. The van der Waals surface area contributed by atoms with Crippen molar-refractivity contribution in [2.24, 2.45) is 7.05 Å². The molecule has 5 heteroatoms. The highest BCUT2D eigenvalue weighted by Gasteiger charge is 2.12. The normalized spacial score (nSPS) is 12.6. The molecule has 0 aromatic carbocycles. The number of nitrogens with zero attached hydrogens (tertiary/aromatic N) is 1. The number of halogens is 1. The number of carbonyl (C=O) groups is 1. The topological polar surface area (TPSA) is 54.3 Å². The Morgan fingerprint density at radius 1 is 1.79 bits per heavy atom. The van der Waals surface area contributed by atoms with Gasteiger partial charge in [-0.3, -0.25) is 4.79 Å². The summed E-state index contributed by atoms with van der Waals surface area (Å²) < 4.78 is 2.59. The van der Waals surface area contributed by atoms with Gasteiger partial charge in [0.2, 0.25) is 0 Å². The number of hydrogen-bond donors (Lipinski definition) is 2. The Kier molecular flexibility index (Phi) is 3.71. The summed E-state index contributed by atoms with van der Waals surface area (Å²) in [6.07, 6.45) is 1.80. The largest absolute Gasteiger partial charge is 0.394 e. The first-order valence-electron chi connectivity index (χ1n) is 4.28. The van der Waals surface area contributed by atoms with E-state index in [0.29, 0.717) is 5.69 Å². The first-order valence-corrected chi connectivity index (χ1v) is 5.07. The van der Waals surface area contributed by atoms with Crippen molar-refractivity contribution < 1.29 is 9.90 Å². The molecule has 0 bridgehead atoms. The Morgan fingerprint density at radius 2 is 2.43 bits per heavy atom. The van der Waals surface area contributed by atoms with Crippen LogP contribution >= 0.6 is 15.9 Å². The standard InChI is InChI=1S/C9H13BrN2O2/c1-6(5-13)11-9(14)8-3-7(10)4-12(8)2/h3-4,6,13H,5H2,1-2H3,(H,11,14)/t6-/m1/s1. The Morgan fingerprint density at radius 3 is 2.86 bits per heavy atom. The fraction of sp³-hybridized carbons (Fsp3) is 0.444. The van der Waals surface area contributed by atoms with Gasteiger partial charge in [0.25, 0.3) is 5.91 Å². The van der Waals surface area contributed by atoms with E-state index in [0.717, 1.165) is 4.47 Å². The molecule has 1 amide bonds. The number of carbonyl (C=O) groups excluding carboxylic acids is 1. The molecule has 0 aliphatic rings. The van der Waals surface area contributed by atoms with Crippen molar-refractivity contribution >= 4 is 21.8 Å². The van der Waals surface area contributed by atoms with E-state index in [2.05, 4.69) is 21.2 Å². The molecule has 1 aromatic rings. The summed E-state index contributed by atoms with van der Waals surface area (Å²) in [5, 5.41) is 11.4. The van der Waals surface area contributed by atoms with Crippen molar-refractivity contribution in [3.8, 4) is 0 Å². The molecule has 1 atom stereocenters. The highest BCUT2D eigenvalue weighted by Crippen LogP contribution is 2.13. The third-order valence-electron chi connectivity index (χ3n) is 1.86. The molecule has 0 radical (unpaired) electrons. The van der Waals surface area contributed by atoms with E-state index in [1.165, 1.54) is 0 Å². The number of aliphatic hydroxyl groups is 1. The number of aliphatic hydroxyl groups excluding tert-OH is 1. The van der Waals surface area contributed by atoms with Crippen molar-refractivity contribution in [2.75, 3.05) is 6.61 Å². The molecule has 4 nitrogen and oxygen atoms in total. The second kappa shape index (κ2) is 4.61. The van der Waals surface area contributed by atoms with Crippen LogP contribution in [-0.4, -0.2) is 28.2 Å². The van der Waals surface area contributed by atoms with Gasteiger partial charge >= 0.3 is 0 Å². The van der Waals surface area contributed by atoms with Gasteiger partial charge in [-0.2, -0.15) is 0 Å². The maximum absolute atomic E-state index is 11.6. The molecule has 2 N–H and O–H groups in total. The van der Waals surface area contributed by atoms with E-state index >= 15 is 0 Å². The fourth-order valence-corrected chi connectivity index (χ4v) is 1.62. The van der Waals surface area contributed by atoms with Crippen LogP contribution < -0.4 is 5.32 Å². The van der Waals surface area contributed by atoms with Crippen LogP contribution in [0.2, 0.25) is 0 Å². The molecular weight excluding hydrogens is 248 g/mol. The predicted octanol–water partition coefficient (Wildman–Crippen LogP) is 0.898. The van der Waals surface area contributed by atoms with Gasteiger partial charge in [-0.25, -0.2) is 0 Å². The lowest BCUT2D eigenvalue weighted by Crippen LogP contribution is -2.35. The van der Waals surface area contributed by atoms with E-state index in [4.69, 9.17) is 5.11 Å². The van der Waals surface area contributed by atoms with Crippen LogP contribution in [-0.2, 0) is 7.05 Å². The van der Waals surface area contributed by atoms with E-state index in [1.807, 2.05) is 0 Å². The van der Waals surface area contributed by atoms with Gasteiger partial charge in [-0.05, 0) is 28.9 Å². The lowest BCUT2D eigenvalue weighted by Gasteiger charge is -2.10. The number of aromatic nitrogens is 1. The molecule has 0 unspecified atom stereocenters. The minimum absolute atomic E-state index is 0.0582. The van der Waals surface area contributed by atoms with Gasteiger partial charge in [-0.15, -0.1) is 0 Å². The number of rotatable bonds is 3. The molecule has 78 valence electrons. The number of amides is 1. The van der Waals surface area contributed by atoms with Crippen LogP contribution in [0.5, 0.6) is 0 Å². The first kappa shape index (κ1) is 11.3. The van der Waals surface area contributed by atoms with Crippen molar-refractivity contribution in [3.05, 3.63) is 22.4 Å². The van der Waals surface area contributed by atoms with E-state index < -0.39 is 0 Å². The monoisotopic (exact) mass is 260 g/mol. The van der Waals surface area contributed by atoms with Gasteiger partial charge in [0.1, 0.15) is 5.69 Å². The second-order valence-electron chi connectivity index (χ2n) is 3.21. The van der Waals surface area contributed by atoms with Crippen molar-refractivity contribution in [3.63, 3.8) is 0 Å². The molecule has 0 aliphatic heterocycles. The summed E-state index contributed by atoms with van der Waals surface area (Å²) >= 11 is 3.28. The van der Waals surface area contributed by atoms with Crippen LogP contribution in [0.4, 0.5) is 0 Å². The van der Waals surface area contributed by atoms with Crippen LogP contribution in [0.1, 0.15) is 17.4 Å². The number of aryl methyl sites for hydroxylation is 1. The van der Waals surface area contributed by atoms with Crippen molar-refractivity contribution in [2.45, 2.75) is 13.0 Å². The zero-order chi connectivity index (χ0) is 10.7. The molecular formula is C9H13BrN2O2. The molecule has 1 aromatic heterocycles. The summed E-state index contributed by atoms with van der Waals surface area (Å²) in [5.41, 5.74) is 0.567. The summed E-state index contributed by atoms with van der Waals surface area (Å²) in [7, 11) is 1.79. The SMILES string of the molecule is C[C@H](CO)NC(=O)c1cc(Br)cn1C. The third kappa shape index (κ3) is 2.59. The summed E-state index contributed by atoms with van der Waals surface area (Å²) in [6, 6.07) is 1.51. The van der Waals surface area contributed by atoms with Crippen LogP contribution in [0, 0.1) is 0 Å². The van der Waals surface area contributed by atoms with Crippen LogP contribution in [0.3, 0.4) is 0 Å². The van der Waals surface area contributed by atoms with Gasteiger partial charge < -0.3 is 15.0 Å². The summed E-state index contributed by atoms with van der Waals surface area (Å²) in [6.45, 7) is 1.69. The maximum atomic E-state index is 11.6. The molecule has 14 heavy (non-hydrogen) atoms. The molecule has 1 heterocycles. The van der Waals surface area contributed by atoms with Gasteiger partial charge in [0, 0.05) is 23.8 Å². The van der Waals surface area contributed by atoms with Crippen LogP contribution in [0.25, 0.3) is 0 Å². The molecule has 0 saturated carbocycles. The van der Waals surface area contributed by atoms with Gasteiger partial charge in [-0.1, -0.05) is 0 Å². The number of hydrogen-bond acceptors (Lipinski definition) is 2. The van der Waals surface area contributed by atoms with Crippen molar-refractivity contribution in [1.82, 2.24) is 9.88 Å². The molecule has 1 rings (SSSR count). The van der Waals surface area contributed by atoms with Gasteiger partial charge in [0.15, 0.2) is 0 Å². The fourth-order valence-electron chi connectivity index (χ4n) is 1.09. The maximum Gasteiger partial charge on any atom is 0.268 e. The zero-order valence-electron chi connectivity index (χ0n) is 8.12. The first-order chi connectivity index (χ1) is 6.54. The second-order valence-corrected chi connectivity index (χ2v) is 4.13. The highest BCUT2D eigenvalue weighted by molar-refractivity contribution is 9.10. The molecule has 0 fully saturated rings. The Labute approximate surface area is 91.0 Å². The average molecular weight is 261 g/mol. The lowest BCUT2D eigenvalue weighted by molar-refractivity contribution is 0.0914. The lowest BCUT2D eigenvalue weighted by atomic mass is 10.3. The molecule has 0 spiro atoms. The zero-order valence-corrected chi connectivity index (χ0v) is 9.71. The average Bonchev–Trinajstić information content (AvgIpc) is 2.45. The highest BCUT2D eigenvalue weighted by atomic mass is 79.9. The Bertz CT molecular complexity index is 336. The van der Waals surface area contributed by atoms with E-state index in [9.17, 15) is 4.79 Å². The Hall–Kier alpha value is -0.810. The minimum atomic E-state index is -0.226. The van der Waals surface area contributed by atoms with Gasteiger partial charge in [0.05, 0.1) is 6.61 Å². The Balaban J connectivity index is 2.74. The smallest absolute Gasteiger partial charge is 0.268 e. The van der Waals surface area contributed by atoms with Crippen molar-refractivity contribution in [1.29, 1.82) is 0 Å².